The van der Waals surface area contributed by atoms with Crippen LogP contribution in [-0.2, 0) is 0 Å². The van der Waals surface area contributed by atoms with Crippen LogP contribution < -0.4 is 10.1 Å². The SMILES string of the molecule is Cc1cc(Oc2ccc(-c3nnc(Nc4ccc(F)c(C)c4C)[nH]3)cc2)ccn1. The predicted octanol–water partition coefficient (Wildman–Crippen LogP) is 5.47. The molecule has 2 heterocycles. The molecule has 0 saturated carbocycles. The van der Waals surface area contributed by atoms with Crippen molar-refractivity contribution in [1.29, 1.82) is 0 Å². The molecule has 0 atom stereocenters. The third-order valence-corrected chi connectivity index (χ3v) is 4.69. The van der Waals surface area contributed by atoms with Gasteiger partial charge in [-0.15, -0.1) is 10.2 Å². The first-order valence-corrected chi connectivity index (χ1v) is 9.16. The summed E-state index contributed by atoms with van der Waals surface area (Å²) in [5.41, 5.74) is 3.98. The van der Waals surface area contributed by atoms with Crippen LogP contribution in [-0.4, -0.2) is 20.2 Å². The van der Waals surface area contributed by atoms with Gasteiger partial charge in [0.25, 0.3) is 0 Å². The van der Waals surface area contributed by atoms with Gasteiger partial charge in [0.2, 0.25) is 5.95 Å². The highest BCUT2D eigenvalue weighted by atomic mass is 19.1. The van der Waals surface area contributed by atoms with Crippen molar-refractivity contribution >= 4 is 11.6 Å². The van der Waals surface area contributed by atoms with Crippen LogP contribution in [0.5, 0.6) is 11.5 Å². The third kappa shape index (κ3) is 4.08. The number of hydrogen-bond donors (Lipinski definition) is 2. The van der Waals surface area contributed by atoms with Gasteiger partial charge < -0.3 is 15.0 Å². The van der Waals surface area contributed by atoms with Gasteiger partial charge in [-0.25, -0.2) is 4.39 Å². The van der Waals surface area contributed by atoms with Crippen molar-refractivity contribution in [3.63, 3.8) is 0 Å². The number of nitrogens with zero attached hydrogens (tertiary/aromatic N) is 3. The monoisotopic (exact) mass is 389 g/mol. The second kappa shape index (κ2) is 7.71. The van der Waals surface area contributed by atoms with Crippen molar-refractivity contribution in [3.05, 3.63) is 77.4 Å². The number of benzene rings is 2. The highest BCUT2D eigenvalue weighted by Crippen LogP contribution is 2.26. The highest BCUT2D eigenvalue weighted by Gasteiger charge is 2.10. The van der Waals surface area contributed by atoms with Gasteiger partial charge >= 0.3 is 0 Å². The molecular weight excluding hydrogens is 369 g/mol. The summed E-state index contributed by atoms with van der Waals surface area (Å²) in [5, 5.41) is 11.5. The molecule has 2 aromatic heterocycles. The van der Waals surface area contributed by atoms with Gasteiger partial charge in [0.15, 0.2) is 5.82 Å². The summed E-state index contributed by atoms with van der Waals surface area (Å²) in [6.45, 7) is 5.53. The quantitative estimate of drug-likeness (QED) is 0.474. The Morgan fingerprint density at radius 2 is 1.69 bits per heavy atom. The van der Waals surface area contributed by atoms with Crippen molar-refractivity contribution in [1.82, 2.24) is 20.2 Å². The summed E-state index contributed by atoms with van der Waals surface area (Å²) in [4.78, 5) is 7.30. The molecule has 0 radical (unpaired) electrons. The molecule has 2 N–H and O–H groups in total. The lowest BCUT2D eigenvalue weighted by atomic mass is 10.1. The third-order valence-electron chi connectivity index (χ3n) is 4.69. The first-order valence-electron chi connectivity index (χ1n) is 9.16. The van der Waals surface area contributed by atoms with E-state index in [1.807, 2.05) is 50.2 Å². The number of ether oxygens (including phenoxy) is 1. The van der Waals surface area contributed by atoms with Crippen LogP contribution in [0.25, 0.3) is 11.4 Å². The number of pyridine rings is 1. The molecule has 0 bridgehead atoms. The van der Waals surface area contributed by atoms with Crippen LogP contribution in [0.15, 0.2) is 54.7 Å². The average Bonchev–Trinajstić information content (AvgIpc) is 3.18. The van der Waals surface area contributed by atoms with Crippen molar-refractivity contribution < 1.29 is 9.13 Å². The number of H-pyrrole nitrogens is 1. The molecule has 0 amide bonds. The van der Waals surface area contributed by atoms with Crippen LogP contribution >= 0.6 is 0 Å². The van der Waals surface area contributed by atoms with Gasteiger partial charge in [0, 0.05) is 29.2 Å². The summed E-state index contributed by atoms with van der Waals surface area (Å²) in [5.74, 6) is 2.34. The number of anilines is 2. The second-order valence-corrected chi connectivity index (χ2v) is 6.75. The Morgan fingerprint density at radius 3 is 2.45 bits per heavy atom. The van der Waals surface area contributed by atoms with E-state index in [2.05, 4.69) is 25.5 Å². The number of rotatable bonds is 5. The van der Waals surface area contributed by atoms with E-state index >= 15 is 0 Å². The van der Waals surface area contributed by atoms with Crippen LogP contribution in [0.3, 0.4) is 0 Å². The van der Waals surface area contributed by atoms with Gasteiger partial charge in [-0.3, -0.25) is 4.98 Å². The van der Waals surface area contributed by atoms with E-state index in [0.29, 0.717) is 17.3 Å². The standard InChI is InChI=1S/C22H20FN5O/c1-13-12-18(10-11-24-13)29-17-6-4-16(5-7-17)21-26-22(28-27-21)25-20-9-8-19(23)14(2)15(20)3/h4-12H,1-3H3,(H2,25,26,27,28). The number of aromatic amines is 1. The molecular formula is C22H20FN5O. The van der Waals surface area contributed by atoms with E-state index in [-0.39, 0.29) is 5.82 Å². The smallest absolute Gasteiger partial charge is 0.226 e. The number of aryl methyl sites for hydroxylation is 1. The molecule has 6 nitrogen and oxygen atoms in total. The predicted molar refractivity (Wildman–Crippen MR) is 110 cm³/mol. The number of nitrogens with one attached hydrogen (secondary N) is 2. The van der Waals surface area contributed by atoms with E-state index in [0.717, 1.165) is 34.0 Å². The Labute approximate surface area is 167 Å². The fourth-order valence-electron chi connectivity index (χ4n) is 2.90. The molecule has 0 unspecified atom stereocenters. The zero-order chi connectivity index (χ0) is 20.4. The van der Waals surface area contributed by atoms with E-state index < -0.39 is 0 Å². The topological polar surface area (TPSA) is 75.7 Å². The molecule has 0 spiro atoms. The van der Waals surface area contributed by atoms with Gasteiger partial charge in [-0.1, -0.05) is 0 Å². The molecule has 4 rings (SSSR count). The summed E-state index contributed by atoms with van der Waals surface area (Å²) in [7, 11) is 0. The van der Waals surface area contributed by atoms with Crippen LogP contribution in [0.1, 0.15) is 16.8 Å². The summed E-state index contributed by atoms with van der Waals surface area (Å²) < 4.78 is 19.5. The minimum absolute atomic E-state index is 0.226. The average molecular weight is 389 g/mol. The lowest BCUT2D eigenvalue weighted by Crippen LogP contribution is -1.98. The van der Waals surface area contributed by atoms with Crippen molar-refractivity contribution in [2.75, 3.05) is 5.32 Å². The Kier molecular flexibility index (Phi) is 4.95. The minimum atomic E-state index is -0.226. The zero-order valence-corrected chi connectivity index (χ0v) is 16.3. The van der Waals surface area contributed by atoms with Gasteiger partial charge in [0.1, 0.15) is 17.3 Å². The molecule has 0 aliphatic carbocycles. The molecule has 2 aromatic carbocycles. The van der Waals surface area contributed by atoms with Gasteiger partial charge in [-0.05, 0) is 74.4 Å². The normalized spacial score (nSPS) is 10.8. The van der Waals surface area contributed by atoms with E-state index in [4.69, 9.17) is 4.74 Å². The van der Waals surface area contributed by atoms with E-state index in [1.165, 1.54) is 6.07 Å². The molecule has 0 aliphatic rings. The first-order chi connectivity index (χ1) is 14.0. The van der Waals surface area contributed by atoms with Crippen molar-refractivity contribution in [2.24, 2.45) is 0 Å². The maximum atomic E-state index is 13.6. The first kappa shape index (κ1) is 18.6. The zero-order valence-electron chi connectivity index (χ0n) is 16.3. The largest absolute Gasteiger partial charge is 0.457 e. The van der Waals surface area contributed by atoms with Crippen LogP contribution in [0, 0.1) is 26.6 Å². The van der Waals surface area contributed by atoms with Gasteiger partial charge in [0.05, 0.1) is 0 Å². The number of hydrogen-bond acceptors (Lipinski definition) is 5. The molecule has 0 fully saturated rings. The number of aromatic nitrogens is 4. The molecule has 146 valence electrons. The molecule has 0 aliphatic heterocycles. The van der Waals surface area contributed by atoms with Crippen molar-refractivity contribution in [2.45, 2.75) is 20.8 Å². The summed E-state index contributed by atoms with van der Waals surface area (Å²) in [6, 6.07) is 14.4. The van der Waals surface area contributed by atoms with Crippen LogP contribution in [0.2, 0.25) is 0 Å². The summed E-state index contributed by atoms with van der Waals surface area (Å²) >= 11 is 0. The maximum absolute atomic E-state index is 13.6. The molecule has 0 saturated heterocycles. The lowest BCUT2D eigenvalue weighted by molar-refractivity contribution is 0.481. The Bertz CT molecular complexity index is 1150. The van der Waals surface area contributed by atoms with Gasteiger partial charge in [-0.2, -0.15) is 0 Å². The van der Waals surface area contributed by atoms with Crippen LogP contribution in [0.4, 0.5) is 16.0 Å². The Morgan fingerprint density at radius 1 is 0.897 bits per heavy atom. The highest BCUT2D eigenvalue weighted by molar-refractivity contribution is 5.63. The maximum Gasteiger partial charge on any atom is 0.226 e. The number of halogens is 1. The Hall–Kier alpha value is -3.74. The molecule has 7 heteroatoms. The van der Waals surface area contributed by atoms with Crippen molar-refractivity contribution in [3.8, 4) is 22.9 Å². The fraction of sp³-hybridized carbons (Fsp3) is 0.136. The lowest BCUT2D eigenvalue weighted by Gasteiger charge is -2.09. The minimum Gasteiger partial charge on any atom is -0.457 e. The van der Waals surface area contributed by atoms with E-state index in [1.54, 1.807) is 19.2 Å². The second-order valence-electron chi connectivity index (χ2n) is 6.75. The fourth-order valence-corrected chi connectivity index (χ4v) is 2.90. The van der Waals surface area contributed by atoms with E-state index in [9.17, 15) is 4.39 Å². The molecule has 29 heavy (non-hydrogen) atoms. The summed E-state index contributed by atoms with van der Waals surface area (Å²) in [6.07, 6.45) is 1.71. The molecule has 4 aromatic rings. The Balaban J connectivity index is 1.49.